The summed E-state index contributed by atoms with van der Waals surface area (Å²) in [6, 6.07) is 9.27. The van der Waals surface area contributed by atoms with Crippen LogP contribution in [0.5, 0.6) is 11.5 Å². The van der Waals surface area contributed by atoms with Crippen molar-refractivity contribution < 1.29 is 31.8 Å². The smallest absolute Gasteiger partial charge is 0.387 e. The lowest BCUT2D eigenvalue weighted by atomic mass is 10.1. The molecule has 6 nitrogen and oxygen atoms in total. The van der Waals surface area contributed by atoms with E-state index in [4.69, 9.17) is 0 Å². The summed E-state index contributed by atoms with van der Waals surface area (Å²) in [6.45, 7) is -2.60. The van der Waals surface area contributed by atoms with E-state index in [-0.39, 0.29) is 24.0 Å². The quantitative estimate of drug-likeness (QED) is 0.354. The van der Waals surface area contributed by atoms with Crippen molar-refractivity contribution in [3.8, 4) is 11.5 Å². The molecule has 0 radical (unpaired) electrons. The first-order valence-electron chi connectivity index (χ1n) is 10.0. The molecule has 32 heavy (non-hydrogen) atoms. The Morgan fingerprint density at radius 2 is 1.31 bits per heavy atom. The molecule has 2 aromatic carbocycles. The first-order valence-corrected chi connectivity index (χ1v) is 10.0. The molecular formula is C22H26F4N3O3+. The summed E-state index contributed by atoms with van der Waals surface area (Å²) in [5.74, 6) is -0.447. The topological polar surface area (TPSA) is 59.6 Å². The van der Waals surface area contributed by atoms with Crippen LogP contribution >= 0.6 is 0 Å². The Bertz CT molecular complexity index is 937. The average Bonchev–Trinajstić information content (AvgIpc) is 3.04. The van der Waals surface area contributed by atoms with Gasteiger partial charge in [-0.3, -0.25) is 10.6 Å². The number of rotatable bonds is 8. The van der Waals surface area contributed by atoms with E-state index in [1.807, 2.05) is 0 Å². The van der Waals surface area contributed by atoms with Gasteiger partial charge in [-0.25, -0.2) is 4.79 Å². The molecule has 1 aliphatic rings. The number of nitrogens with zero attached hydrogens (tertiary/aromatic N) is 1. The van der Waals surface area contributed by atoms with Crippen LogP contribution in [0.2, 0.25) is 0 Å². The van der Waals surface area contributed by atoms with Crippen LogP contribution in [0, 0.1) is 13.8 Å². The zero-order valence-corrected chi connectivity index (χ0v) is 18.2. The predicted octanol–water partition coefficient (Wildman–Crippen LogP) is 4.21. The fourth-order valence-electron chi connectivity index (χ4n) is 4.20. The molecule has 10 heteroatoms. The highest BCUT2D eigenvalue weighted by atomic mass is 19.3. The summed E-state index contributed by atoms with van der Waals surface area (Å²) in [6.07, 6.45) is 0.358. The minimum atomic E-state index is -3.04. The standard InChI is InChI=1S/C22H26F4N3O3/c1-13-5-7-15(11-17(13)31-20(23)24)29(10-9-22(27-3,28-4)19(29)30)16-8-6-14(2)18(12-16)32-21(25)26/h5-8,11-12,20-21,27-28H,9-10H2,1-4H3/q+1. The molecule has 0 spiro atoms. The molecule has 1 amide bonds. The Balaban J connectivity index is 2.25. The number of carbonyl (C=O) groups excluding carboxylic acids is 1. The number of benzene rings is 2. The molecule has 1 heterocycles. The van der Waals surface area contributed by atoms with Gasteiger partial charge in [0.05, 0.1) is 6.54 Å². The second-order valence-corrected chi connectivity index (χ2v) is 7.65. The number of carbonyl (C=O) groups is 1. The second kappa shape index (κ2) is 9.05. The number of ether oxygens (including phenoxy) is 2. The van der Waals surface area contributed by atoms with Crippen LogP contribution in [0.3, 0.4) is 0 Å². The first-order chi connectivity index (χ1) is 15.1. The van der Waals surface area contributed by atoms with Gasteiger partial charge >= 0.3 is 19.1 Å². The number of aryl methyl sites for hydroxylation is 2. The lowest BCUT2D eigenvalue weighted by molar-refractivity contribution is -0.131. The maximum absolute atomic E-state index is 13.9. The normalized spacial score (nSPS) is 17.2. The van der Waals surface area contributed by atoms with Crippen LogP contribution in [-0.4, -0.2) is 45.4 Å². The molecule has 1 fully saturated rings. The molecule has 0 aliphatic carbocycles. The largest absolute Gasteiger partial charge is 0.434 e. The van der Waals surface area contributed by atoms with Crippen molar-refractivity contribution in [1.29, 1.82) is 0 Å². The highest BCUT2D eigenvalue weighted by Crippen LogP contribution is 2.46. The van der Waals surface area contributed by atoms with Gasteiger partial charge in [-0.2, -0.15) is 22.0 Å². The molecule has 2 aromatic rings. The Kier molecular flexibility index (Phi) is 6.77. The van der Waals surface area contributed by atoms with Crippen LogP contribution in [0.1, 0.15) is 17.5 Å². The minimum absolute atomic E-state index is 0.0645. The number of halogens is 4. The van der Waals surface area contributed by atoms with E-state index < -0.39 is 23.4 Å². The van der Waals surface area contributed by atoms with Crippen LogP contribution < -0.4 is 24.6 Å². The molecular weight excluding hydrogens is 430 g/mol. The maximum Gasteiger partial charge on any atom is 0.387 e. The van der Waals surface area contributed by atoms with E-state index in [0.717, 1.165) is 0 Å². The summed E-state index contributed by atoms with van der Waals surface area (Å²) in [7, 11) is 3.27. The van der Waals surface area contributed by atoms with Gasteiger partial charge in [0.2, 0.25) is 0 Å². The molecule has 3 rings (SSSR count). The van der Waals surface area contributed by atoms with Crippen molar-refractivity contribution in [1.82, 2.24) is 15.1 Å². The molecule has 0 aromatic heterocycles. The van der Waals surface area contributed by atoms with Gasteiger partial charge in [0.15, 0.2) is 5.66 Å². The Labute approximate surface area is 183 Å². The van der Waals surface area contributed by atoms with E-state index in [1.165, 1.54) is 12.1 Å². The molecule has 1 aliphatic heterocycles. The van der Waals surface area contributed by atoms with E-state index in [2.05, 4.69) is 20.1 Å². The molecule has 0 unspecified atom stereocenters. The van der Waals surface area contributed by atoms with Gasteiger partial charge in [0.25, 0.3) is 0 Å². The summed E-state index contributed by atoms with van der Waals surface area (Å²) in [5, 5.41) is 6.02. The Morgan fingerprint density at radius 1 is 0.875 bits per heavy atom. The third-order valence-corrected chi connectivity index (χ3v) is 6.04. The number of alkyl halides is 4. The minimum Gasteiger partial charge on any atom is -0.434 e. The summed E-state index contributed by atoms with van der Waals surface area (Å²) in [4.78, 5) is 13.9. The van der Waals surface area contributed by atoms with E-state index in [0.29, 0.717) is 28.9 Å². The monoisotopic (exact) mass is 456 g/mol. The summed E-state index contributed by atoms with van der Waals surface area (Å²) < 4.78 is 60.7. The Hall–Kier alpha value is -2.69. The van der Waals surface area contributed by atoms with Gasteiger partial charge in [-0.15, -0.1) is 0 Å². The highest BCUT2D eigenvalue weighted by molar-refractivity contribution is 6.03. The predicted molar refractivity (Wildman–Crippen MR) is 112 cm³/mol. The lowest BCUT2D eigenvalue weighted by Crippen LogP contribution is -2.63. The van der Waals surface area contributed by atoms with Crippen LogP contribution in [0.4, 0.5) is 28.9 Å². The van der Waals surface area contributed by atoms with Crippen molar-refractivity contribution >= 4 is 17.3 Å². The fourth-order valence-corrected chi connectivity index (χ4v) is 4.20. The number of nitrogens with one attached hydrogen (secondary N) is 2. The molecule has 2 N–H and O–H groups in total. The lowest BCUT2D eigenvalue weighted by Gasteiger charge is -2.34. The molecule has 0 bridgehead atoms. The zero-order valence-electron chi connectivity index (χ0n) is 18.2. The number of amides is 1. The molecule has 174 valence electrons. The van der Waals surface area contributed by atoms with Gasteiger partial charge in [0, 0.05) is 30.7 Å². The molecule has 0 saturated carbocycles. The van der Waals surface area contributed by atoms with Crippen molar-refractivity contribution in [3.63, 3.8) is 0 Å². The van der Waals surface area contributed by atoms with E-state index in [1.54, 1.807) is 52.2 Å². The second-order valence-electron chi connectivity index (χ2n) is 7.65. The van der Waals surface area contributed by atoms with Gasteiger partial charge in [-0.05, 0) is 51.2 Å². The molecule has 0 atom stereocenters. The van der Waals surface area contributed by atoms with Crippen molar-refractivity contribution in [2.45, 2.75) is 39.2 Å². The summed E-state index contributed by atoms with van der Waals surface area (Å²) >= 11 is 0. The third kappa shape index (κ3) is 4.05. The Morgan fingerprint density at radius 3 is 1.66 bits per heavy atom. The van der Waals surface area contributed by atoms with Crippen LogP contribution in [-0.2, 0) is 4.79 Å². The average molecular weight is 456 g/mol. The number of likely N-dealkylation sites (N-methyl/N-ethyl adjacent to an activating group) is 2. The first kappa shape index (κ1) is 24.0. The van der Waals surface area contributed by atoms with Crippen LogP contribution in [0.25, 0.3) is 0 Å². The number of hydrogen-bond donors (Lipinski definition) is 2. The maximum atomic E-state index is 13.9. The number of hydrogen-bond acceptors (Lipinski definition) is 5. The third-order valence-electron chi connectivity index (χ3n) is 6.04. The summed E-state index contributed by atoms with van der Waals surface area (Å²) in [5.41, 5.74) is 0.574. The van der Waals surface area contributed by atoms with Gasteiger partial charge in [0.1, 0.15) is 22.9 Å². The fraction of sp³-hybridized carbons (Fsp3) is 0.409. The highest BCUT2D eigenvalue weighted by Gasteiger charge is 2.60. The van der Waals surface area contributed by atoms with E-state index >= 15 is 0 Å². The van der Waals surface area contributed by atoms with E-state index in [9.17, 15) is 22.4 Å². The van der Waals surface area contributed by atoms with Crippen molar-refractivity contribution in [2.75, 3.05) is 20.6 Å². The van der Waals surface area contributed by atoms with Crippen molar-refractivity contribution in [3.05, 3.63) is 47.5 Å². The molecule has 1 saturated heterocycles. The number of quaternary nitrogens is 1. The van der Waals surface area contributed by atoms with Crippen LogP contribution in [0.15, 0.2) is 36.4 Å². The van der Waals surface area contributed by atoms with Crippen molar-refractivity contribution in [2.24, 2.45) is 0 Å². The van der Waals surface area contributed by atoms with Gasteiger partial charge in [-0.1, -0.05) is 0 Å². The SMILES string of the molecule is CNC1(NC)CC[N+](c2ccc(C)c(OC(F)F)c2)(c2ccc(C)c(OC(F)F)c2)C1=O. The zero-order chi connectivity index (χ0) is 23.7. The van der Waals surface area contributed by atoms with Gasteiger partial charge < -0.3 is 9.47 Å².